The van der Waals surface area contributed by atoms with Gasteiger partial charge in [0.1, 0.15) is 23.1 Å². The molecule has 0 spiro atoms. The molecule has 0 bridgehead atoms. The summed E-state index contributed by atoms with van der Waals surface area (Å²) in [5.74, 6) is 1.51. The summed E-state index contributed by atoms with van der Waals surface area (Å²) in [6.07, 6.45) is 2.00. The van der Waals surface area contributed by atoms with Crippen LogP contribution in [0.2, 0.25) is 0 Å². The van der Waals surface area contributed by atoms with E-state index in [9.17, 15) is 9.59 Å². The second kappa shape index (κ2) is 8.90. The zero-order valence-corrected chi connectivity index (χ0v) is 18.7. The molecule has 172 valence electrons. The molecule has 1 unspecified atom stereocenters. The number of hydrazone groups is 1. The molecule has 3 heterocycles. The van der Waals surface area contributed by atoms with Gasteiger partial charge in [-0.2, -0.15) is 5.10 Å². The Bertz CT molecular complexity index is 1350. The van der Waals surface area contributed by atoms with E-state index in [1.807, 2.05) is 36.4 Å². The molecule has 1 amide bonds. The molecule has 1 aliphatic heterocycles. The summed E-state index contributed by atoms with van der Waals surface area (Å²) in [4.78, 5) is 24.8. The van der Waals surface area contributed by atoms with Crippen molar-refractivity contribution in [2.75, 3.05) is 13.7 Å². The van der Waals surface area contributed by atoms with Gasteiger partial charge < -0.3 is 18.3 Å². The first kappa shape index (κ1) is 21.5. The van der Waals surface area contributed by atoms with Crippen LogP contribution in [0.5, 0.6) is 11.5 Å². The number of nitrogens with zero attached hydrogens (tertiary/aromatic N) is 2. The van der Waals surface area contributed by atoms with Crippen LogP contribution < -0.4 is 9.47 Å². The number of methoxy groups -OCH3 is 1. The standard InChI is InChI=1S/C26H22N2O6/c1-16(29)17-9-10-23(25(12-17)31-2)33-15-26(30)28-20(22-8-5-11-32-22)14-19(27-28)24-13-18-6-3-4-7-21(18)34-24/h3-13,20H,14-15H2,1-2H3. The maximum absolute atomic E-state index is 13.2. The van der Waals surface area contributed by atoms with E-state index in [2.05, 4.69) is 5.10 Å². The number of Topliss-reactive ketones (excluding diaryl/α,β-unsaturated/α-hetero) is 1. The summed E-state index contributed by atoms with van der Waals surface area (Å²) in [5, 5.41) is 6.91. The minimum atomic E-state index is -0.420. The Labute approximate surface area is 195 Å². The molecule has 2 aromatic heterocycles. The number of ether oxygens (including phenoxy) is 2. The van der Waals surface area contributed by atoms with Gasteiger partial charge in [-0.05, 0) is 49.4 Å². The highest BCUT2D eigenvalue weighted by Gasteiger charge is 2.36. The van der Waals surface area contributed by atoms with Crippen molar-refractivity contribution in [2.24, 2.45) is 5.10 Å². The van der Waals surface area contributed by atoms with E-state index in [1.54, 1.807) is 30.5 Å². The predicted octanol–water partition coefficient (Wildman–Crippen LogP) is 4.99. The van der Waals surface area contributed by atoms with Crippen LogP contribution in [0.25, 0.3) is 11.0 Å². The molecule has 0 saturated heterocycles. The van der Waals surface area contributed by atoms with Gasteiger partial charge in [0.05, 0.1) is 13.4 Å². The summed E-state index contributed by atoms with van der Waals surface area (Å²) >= 11 is 0. The lowest BCUT2D eigenvalue weighted by atomic mass is 10.1. The van der Waals surface area contributed by atoms with E-state index >= 15 is 0 Å². The molecule has 5 rings (SSSR count). The molecule has 0 aliphatic carbocycles. The van der Waals surface area contributed by atoms with Gasteiger partial charge in [0.25, 0.3) is 5.91 Å². The molecule has 2 aromatic carbocycles. The fraction of sp³-hybridized carbons (Fsp3) is 0.192. The molecule has 8 nitrogen and oxygen atoms in total. The Morgan fingerprint density at radius 2 is 1.94 bits per heavy atom. The van der Waals surface area contributed by atoms with Gasteiger partial charge >= 0.3 is 0 Å². The zero-order valence-electron chi connectivity index (χ0n) is 18.7. The number of para-hydroxylation sites is 1. The third kappa shape index (κ3) is 4.05. The van der Waals surface area contributed by atoms with E-state index in [0.717, 1.165) is 11.0 Å². The van der Waals surface area contributed by atoms with Crippen molar-refractivity contribution in [3.8, 4) is 11.5 Å². The van der Waals surface area contributed by atoms with Crippen LogP contribution >= 0.6 is 0 Å². The second-order valence-corrected chi connectivity index (χ2v) is 7.88. The average molecular weight is 458 g/mol. The number of furan rings is 2. The first-order chi connectivity index (χ1) is 16.5. The van der Waals surface area contributed by atoms with Crippen molar-refractivity contribution in [1.29, 1.82) is 0 Å². The molecular weight excluding hydrogens is 436 g/mol. The normalized spacial score (nSPS) is 15.4. The van der Waals surface area contributed by atoms with E-state index in [1.165, 1.54) is 19.0 Å². The van der Waals surface area contributed by atoms with Crippen LogP contribution in [0.1, 0.15) is 41.3 Å². The molecular formula is C26H22N2O6. The van der Waals surface area contributed by atoms with Crippen LogP contribution in [-0.2, 0) is 4.79 Å². The van der Waals surface area contributed by atoms with Gasteiger partial charge in [-0.3, -0.25) is 9.59 Å². The summed E-state index contributed by atoms with van der Waals surface area (Å²) in [5.41, 5.74) is 1.89. The quantitative estimate of drug-likeness (QED) is 0.362. The number of benzene rings is 2. The van der Waals surface area contributed by atoms with E-state index in [-0.39, 0.29) is 18.3 Å². The molecule has 0 N–H and O–H groups in total. The van der Waals surface area contributed by atoms with Gasteiger partial charge in [-0.1, -0.05) is 18.2 Å². The molecule has 34 heavy (non-hydrogen) atoms. The van der Waals surface area contributed by atoms with Crippen molar-refractivity contribution < 1.29 is 27.9 Å². The lowest BCUT2D eigenvalue weighted by molar-refractivity contribution is -0.135. The Morgan fingerprint density at radius 1 is 1.09 bits per heavy atom. The molecule has 0 fully saturated rings. The monoisotopic (exact) mass is 458 g/mol. The third-order valence-corrected chi connectivity index (χ3v) is 5.67. The third-order valence-electron chi connectivity index (χ3n) is 5.67. The van der Waals surface area contributed by atoms with Crippen molar-refractivity contribution in [3.63, 3.8) is 0 Å². The molecule has 1 atom stereocenters. The van der Waals surface area contributed by atoms with Crippen LogP contribution in [0.4, 0.5) is 0 Å². The number of rotatable bonds is 7. The number of carbonyl (C=O) groups excluding carboxylic acids is 2. The number of carbonyl (C=O) groups is 2. The lowest BCUT2D eigenvalue weighted by Gasteiger charge is -2.20. The summed E-state index contributed by atoms with van der Waals surface area (Å²) in [7, 11) is 1.48. The Hall–Kier alpha value is -4.33. The van der Waals surface area contributed by atoms with E-state index in [4.69, 9.17) is 18.3 Å². The van der Waals surface area contributed by atoms with Crippen LogP contribution in [-0.4, -0.2) is 36.1 Å². The van der Waals surface area contributed by atoms with Gasteiger partial charge in [-0.15, -0.1) is 0 Å². The molecule has 1 aliphatic rings. The van der Waals surface area contributed by atoms with E-state index in [0.29, 0.717) is 40.7 Å². The number of amides is 1. The summed E-state index contributed by atoms with van der Waals surface area (Å²) in [6, 6.07) is 17.6. The first-order valence-corrected chi connectivity index (χ1v) is 10.8. The summed E-state index contributed by atoms with van der Waals surface area (Å²) < 4.78 is 22.6. The highest BCUT2D eigenvalue weighted by atomic mass is 16.5. The lowest BCUT2D eigenvalue weighted by Crippen LogP contribution is -2.31. The topological polar surface area (TPSA) is 94.5 Å². The van der Waals surface area contributed by atoms with Gasteiger partial charge in [-0.25, -0.2) is 5.01 Å². The number of hydrogen-bond acceptors (Lipinski definition) is 7. The predicted molar refractivity (Wildman–Crippen MR) is 124 cm³/mol. The smallest absolute Gasteiger partial charge is 0.281 e. The summed E-state index contributed by atoms with van der Waals surface area (Å²) in [6.45, 7) is 1.20. The van der Waals surface area contributed by atoms with Crippen molar-refractivity contribution in [1.82, 2.24) is 5.01 Å². The molecule has 4 aromatic rings. The van der Waals surface area contributed by atoms with Crippen molar-refractivity contribution in [2.45, 2.75) is 19.4 Å². The fourth-order valence-corrected chi connectivity index (χ4v) is 3.93. The Kier molecular flexibility index (Phi) is 5.63. The minimum Gasteiger partial charge on any atom is -0.493 e. The second-order valence-electron chi connectivity index (χ2n) is 7.88. The SMILES string of the molecule is COc1cc(C(C)=O)ccc1OCC(=O)N1N=C(c2cc3ccccc3o2)CC1c1ccco1. The maximum Gasteiger partial charge on any atom is 0.281 e. The Morgan fingerprint density at radius 3 is 2.68 bits per heavy atom. The highest BCUT2D eigenvalue weighted by Crippen LogP contribution is 2.35. The van der Waals surface area contributed by atoms with E-state index < -0.39 is 6.04 Å². The Balaban J connectivity index is 1.39. The molecule has 0 radical (unpaired) electrons. The largest absolute Gasteiger partial charge is 0.493 e. The van der Waals surface area contributed by atoms with Crippen molar-refractivity contribution >= 4 is 28.4 Å². The zero-order chi connectivity index (χ0) is 23.7. The molecule has 0 saturated carbocycles. The van der Waals surface area contributed by atoms with Gasteiger partial charge in [0.2, 0.25) is 0 Å². The van der Waals surface area contributed by atoms with Crippen LogP contribution in [0.3, 0.4) is 0 Å². The minimum absolute atomic E-state index is 0.0910. The number of hydrogen-bond donors (Lipinski definition) is 0. The first-order valence-electron chi connectivity index (χ1n) is 10.8. The average Bonchev–Trinajstić information content (AvgIpc) is 3.60. The number of ketones is 1. The highest BCUT2D eigenvalue weighted by molar-refractivity contribution is 6.03. The maximum atomic E-state index is 13.2. The number of fused-ring (bicyclic) bond motifs is 1. The van der Waals surface area contributed by atoms with Gasteiger partial charge in [0, 0.05) is 17.4 Å². The fourth-order valence-electron chi connectivity index (χ4n) is 3.93. The molecule has 8 heteroatoms. The van der Waals surface area contributed by atoms with Crippen LogP contribution in [0, 0.1) is 0 Å². The van der Waals surface area contributed by atoms with Gasteiger partial charge in [0.15, 0.2) is 29.6 Å². The van der Waals surface area contributed by atoms with Crippen molar-refractivity contribution in [3.05, 3.63) is 84.0 Å². The van der Waals surface area contributed by atoms with Crippen LogP contribution in [0.15, 0.2) is 80.9 Å².